The Hall–Kier alpha value is -5.56. The molecule has 20 heteroatoms. The molecule has 0 atom stereocenters. The Morgan fingerprint density at radius 2 is 0.807 bits per heavy atom. The number of nitro groups is 2. The first-order valence-electron chi connectivity index (χ1n) is 16.5. The van der Waals surface area contributed by atoms with Crippen molar-refractivity contribution in [1.29, 1.82) is 0 Å². The number of hydrogen-bond donors (Lipinski definition) is 0. The predicted molar refractivity (Wildman–Crippen MR) is 175 cm³/mol. The molecule has 4 aromatic carbocycles. The second-order valence-corrected chi connectivity index (χ2v) is 15.0. The van der Waals surface area contributed by atoms with Gasteiger partial charge in [-0.05, 0) is 82.3 Å². The molecule has 57 heavy (non-hydrogen) atoms. The fourth-order valence-corrected chi connectivity index (χ4v) is 8.44. The van der Waals surface area contributed by atoms with E-state index in [1.807, 2.05) is 27.7 Å². The average molecular weight is 823 g/mol. The van der Waals surface area contributed by atoms with Crippen LogP contribution in [-0.4, -0.2) is 9.85 Å². The molecule has 1 spiro atoms. The summed E-state index contributed by atoms with van der Waals surface area (Å²) in [5, 5.41) is 22.7. The third-order valence-corrected chi connectivity index (χ3v) is 10.2. The molecule has 4 aromatic rings. The van der Waals surface area contributed by atoms with E-state index in [4.69, 9.17) is 9.47 Å². The number of halogens is 12. The van der Waals surface area contributed by atoms with Crippen molar-refractivity contribution in [3.8, 4) is 23.0 Å². The van der Waals surface area contributed by atoms with Gasteiger partial charge < -0.3 is 9.47 Å². The quantitative estimate of drug-likeness (QED) is 0.109. The fraction of sp³-hybridized carbons (Fsp3) is 0.351. The number of hydrogen-bond acceptors (Lipinski definition) is 6. The van der Waals surface area contributed by atoms with E-state index in [9.17, 15) is 72.9 Å². The smallest absolute Gasteiger partial charge is 0.423 e. The van der Waals surface area contributed by atoms with Gasteiger partial charge in [0.1, 0.15) is 45.3 Å². The van der Waals surface area contributed by atoms with Crippen LogP contribution in [0, 0.1) is 20.2 Å². The molecule has 0 saturated heterocycles. The molecule has 0 amide bonds. The number of alkyl halides is 12. The third kappa shape index (κ3) is 6.96. The van der Waals surface area contributed by atoms with Gasteiger partial charge in [0.05, 0.1) is 9.85 Å². The first-order valence-corrected chi connectivity index (χ1v) is 16.5. The maximum Gasteiger partial charge on any atom is 0.423 e. The molecule has 0 radical (unpaired) electrons. The minimum Gasteiger partial charge on any atom is -0.457 e. The molecule has 0 N–H and O–H groups in total. The highest BCUT2D eigenvalue weighted by molar-refractivity contribution is 5.64. The lowest BCUT2D eigenvalue weighted by molar-refractivity contribution is -0.388. The molecule has 8 nitrogen and oxygen atoms in total. The Kier molecular flexibility index (Phi) is 9.17. The van der Waals surface area contributed by atoms with Gasteiger partial charge in [0.15, 0.2) is 0 Å². The summed E-state index contributed by atoms with van der Waals surface area (Å²) in [6, 6.07) is 9.14. The molecule has 0 bridgehead atoms. The van der Waals surface area contributed by atoms with Crippen LogP contribution in [0.4, 0.5) is 64.1 Å². The summed E-state index contributed by atoms with van der Waals surface area (Å²) in [7, 11) is 0. The van der Waals surface area contributed by atoms with Gasteiger partial charge in [-0.15, -0.1) is 0 Å². The van der Waals surface area contributed by atoms with Gasteiger partial charge in [-0.1, -0.05) is 39.8 Å². The highest BCUT2D eigenvalue weighted by Crippen LogP contribution is 2.64. The lowest BCUT2D eigenvalue weighted by atomic mass is 9.72. The third-order valence-electron chi connectivity index (χ3n) is 10.2. The van der Waals surface area contributed by atoms with Crippen LogP contribution in [0.5, 0.6) is 23.0 Å². The van der Waals surface area contributed by atoms with Gasteiger partial charge in [-0.2, -0.15) is 52.7 Å². The maximum atomic E-state index is 14.3. The van der Waals surface area contributed by atoms with Crippen molar-refractivity contribution >= 4 is 11.4 Å². The van der Waals surface area contributed by atoms with Gasteiger partial charge in [0.25, 0.3) is 11.4 Å². The van der Waals surface area contributed by atoms with E-state index in [2.05, 4.69) is 0 Å². The van der Waals surface area contributed by atoms with Crippen LogP contribution in [0.15, 0.2) is 60.7 Å². The largest absolute Gasteiger partial charge is 0.457 e. The SMILES string of the molecule is CC1(C)CC2(CC(C)(C)c3ccc(Oc4ccc([N+](=O)[O-])c(C(F)(F)F)c4C(F)(F)F)cc32)c2cc(Oc3ccc([N+](=O)[O-])c(C(F)(F)F)c3C(F)(F)F)ccc21. The van der Waals surface area contributed by atoms with Crippen LogP contribution in [0.25, 0.3) is 0 Å². The summed E-state index contributed by atoms with van der Waals surface area (Å²) in [4.78, 5) is 19.5. The zero-order valence-corrected chi connectivity index (χ0v) is 29.6. The first kappa shape index (κ1) is 41.1. The number of rotatable bonds is 6. The monoisotopic (exact) mass is 822 g/mol. The zero-order valence-electron chi connectivity index (χ0n) is 29.6. The summed E-state index contributed by atoms with van der Waals surface area (Å²) in [6.45, 7) is 7.24. The van der Waals surface area contributed by atoms with E-state index >= 15 is 0 Å². The van der Waals surface area contributed by atoms with E-state index in [-0.39, 0.29) is 25.0 Å². The van der Waals surface area contributed by atoms with Gasteiger partial charge in [0, 0.05) is 17.5 Å². The second kappa shape index (κ2) is 12.7. The average Bonchev–Trinajstić information content (AvgIpc) is 3.41. The molecule has 0 heterocycles. The lowest BCUT2D eigenvalue weighted by Gasteiger charge is -2.31. The molecule has 304 valence electrons. The van der Waals surface area contributed by atoms with Crippen molar-refractivity contribution in [3.05, 3.63) is 125 Å². The molecule has 0 fully saturated rings. The Morgan fingerprint density at radius 1 is 0.491 bits per heavy atom. The molecular weight excluding hydrogens is 796 g/mol. The van der Waals surface area contributed by atoms with E-state index in [0.717, 1.165) is 0 Å². The highest BCUT2D eigenvalue weighted by Gasteiger charge is 2.57. The molecule has 2 aliphatic carbocycles. The maximum absolute atomic E-state index is 14.3. The van der Waals surface area contributed by atoms with Gasteiger partial charge in [-0.3, -0.25) is 20.2 Å². The first-order chi connectivity index (χ1) is 25.9. The molecule has 0 saturated carbocycles. The molecular formula is C37H26F12N2O6. The summed E-state index contributed by atoms with van der Waals surface area (Å²) >= 11 is 0. The summed E-state index contributed by atoms with van der Waals surface area (Å²) in [5.74, 6) is -3.60. The lowest BCUT2D eigenvalue weighted by Crippen LogP contribution is -2.27. The topological polar surface area (TPSA) is 105 Å². The summed E-state index contributed by atoms with van der Waals surface area (Å²) < 4.78 is 180. The molecule has 6 rings (SSSR count). The van der Waals surface area contributed by atoms with Crippen molar-refractivity contribution in [2.45, 2.75) is 81.5 Å². The normalized spacial score (nSPS) is 17.0. The fourth-order valence-electron chi connectivity index (χ4n) is 8.44. The molecule has 0 aromatic heterocycles. The van der Waals surface area contributed by atoms with Gasteiger partial charge >= 0.3 is 24.7 Å². The van der Waals surface area contributed by atoms with Crippen LogP contribution < -0.4 is 9.47 Å². The predicted octanol–water partition coefficient (Wildman–Crippen LogP) is 12.8. The van der Waals surface area contributed by atoms with E-state index in [1.165, 1.54) is 36.4 Å². The van der Waals surface area contributed by atoms with Crippen molar-refractivity contribution in [3.63, 3.8) is 0 Å². The second-order valence-electron chi connectivity index (χ2n) is 15.0. The number of nitro benzene ring substituents is 2. The molecule has 2 aliphatic rings. The Bertz CT molecular complexity index is 2180. The number of fused-ring (bicyclic) bond motifs is 4. The van der Waals surface area contributed by atoms with Crippen LogP contribution in [0.3, 0.4) is 0 Å². The Morgan fingerprint density at radius 3 is 1.09 bits per heavy atom. The molecule has 0 aliphatic heterocycles. The van der Waals surface area contributed by atoms with Crippen LogP contribution in [0.2, 0.25) is 0 Å². The number of nitrogens with zero attached hydrogens (tertiary/aromatic N) is 2. The standard InChI is InChI=1S/C37H26F12N2O6/c1-31(2)15-33(21-13-17(5-7-19(21)31)56-25-11-9-23(50(52)53)27(34(38,39)40)29(25)36(44,45)46)16-32(3,4)20-8-6-18(14-22(20)33)57-26-12-10-24(51(54)55)28(35(41,42)43)30(26)37(47,48)49/h5-14H,15-16H2,1-4H3. The zero-order chi connectivity index (χ0) is 42.6. The van der Waals surface area contributed by atoms with Crippen molar-refractivity contribution in [1.82, 2.24) is 0 Å². The van der Waals surface area contributed by atoms with Crippen LogP contribution in [0.1, 0.15) is 85.0 Å². The van der Waals surface area contributed by atoms with Gasteiger partial charge in [-0.25, -0.2) is 0 Å². The summed E-state index contributed by atoms with van der Waals surface area (Å²) in [6.07, 6.45) is -22.7. The van der Waals surface area contributed by atoms with Gasteiger partial charge in [0.2, 0.25) is 0 Å². The van der Waals surface area contributed by atoms with E-state index < -0.39 is 107 Å². The van der Waals surface area contributed by atoms with Crippen molar-refractivity contribution in [2.24, 2.45) is 0 Å². The van der Waals surface area contributed by atoms with Crippen molar-refractivity contribution in [2.75, 3.05) is 0 Å². The minimum atomic E-state index is -5.83. The Balaban J connectivity index is 1.51. The number of benzene rings is 4. The van der Waals surface area contributed by atoms with Crippen LogP contribution >= 0.6 is 0 Å². The van der Waals surface area contributed by atoms with E-state index in [1.54, 1.807) is 0 Å². The summed E-state index contributed by atoms with van der Waals surface area (Å²) in [5.41, 5.74) is -14.4. The number of ether oxygens (including phenoxy) is 2. The van der Waals surface area contributed by atoms with Crippen LogP contribution in [-0.2, 0) is 41.0 Å². The molecule has 0 unspecified atom stereocenters. The minimum absolute atomic E-state index is 0.232. The van der Waals surface area contributed by atoms with E-state index in [0.29, 0.717) is 34.4 Å². The highest BCUT2D eigenvalue weighted by atomic mass is 19.4. The Labute approximate surface area is 313 Å². The van der Waals surface area contributed by atoms with Crippen molar-refractivity contribution < 1.29 is 72.0 Å².